The fraction of sp³-hybridized carbons (Fsp3) is 0.261. The minimum Gasteiger partial charge on any atom is -0.465 e. The second-order valence-electron chi connectivity index (χ2n) is 7.16. The molecule has 0 amide bonds. The van der Waals surface area contributed by atoms with E-state index >= 15 is 0 Å². The first-order valence-corrected chi connectivity index (χ1v) is 10.3. The zero-order valence-corrected chi connectivity index (χ0v) is 18.1. The van der Waals surface area contributed by atoms with Crippen LogP contribution in [0.15, 0.2) is 48.5 Å². The van der Waals surface area contributed by atoms with Crippen LogP contribution in [0.5, 0.6) is 0 Å². The van der Waals surface area contributed by atoms with Crippen molar-refractivity contribution >= 4 is 29.2 Å². The van der Waals surface area contributed by atoms with Crippen molar-refractivity contribution in [2.24, 2.45) is 0 Å². The van der Waals surface area contributed by atoms with Crippen molar-refractivity contribution in [2.75, 3.05) is 32.2 Å². The number of nitrogens with zero attached hydrogens (tertiary/aromatic N) is 3. The van der Waals surface area contributed by atoms with E-state index in [4.69, 9.17) is 21.1 Å². The average molecular weight is 440 g/mol. The summed E-state index contributed by atoms with van der Waals surface area (Å²) < 4.78 is 11.3. The second-order valence-corrected chi connectivity index (χ2v) is 7.57. The van der Waals surface area contributed by atoms with Crippen LogP contribution in [0.1, 0.15) is 33.7 Å². The van der Waals surface area contributed by atoms with Gasteiger partial charge >= 0.3 is 11.9 Å². The Kier molecular flexibility index (Phi) is 5.95. The number of hydrogen-bond acceptors (Lipinski definition) is 6. The first kappa shape index (κ1) is 20.9. The predicted molar refractivity (Wildman–Crippen MR) is 118 cm³/mol. The van der Waals surface area contributed by atoms with Crippen LogP contribution in [-0.4, -0.2) is 49.0 Å². The molecule has 2 heterocycles. The summed E-state index contributed by atoms with van der Waals surface area (Å²) in [4.78, 5) is 27.6. The van der Waals surface area contributed by atoms with Crippen LogP contribution in [0, 0.1) is 0 Å². The van der Waals surface area contributed by atoms with Crippen LogP contribution in [-0.2, 0) is 9.47 Å². The van der Waals surface area contributed by atoms with Gasteiger partial charge in [-0.3, -0.25) is 0 Å². The Hall–Kier alpha value is -3.32. The van der Waals surface area contributed by atoms with Gasteiger partial charge in [-0.1, -0.05) is 35.9 Å². The van der Waals surface area contributed by atoms with Gasteiger partial charge in [-0.2, -0.15) is 5.10 Å². The maximum atomic E-state index is 12.7. The molecule has 31 heavy (non-hydrogen) atoms. The molecule has 8 heteroatoms. The third kappa shape index (κ3) is 3.88. The minimum atomic E-state index is -0.692. The first-order chi connectivity index (χ1) is 15.0. The molecule has 4 rings (SSSR count). The number of hydrogen-bond donors (Lipinski definition) is 0. The highest BCUT2D eigenvalue weighted by atomic mass is 35.5. The van der Waals surface area contributed by atoms with Crippen molar-refractivity contribution in [1.82, 2.24) is 9.78 Å². The lowest BCUT2D eigenvalue weighted by molar-refractivity contribution is 0.0549. The molecule has 160 valence electrons. The molecular formula is C23H22ClN3O4. The smallest absolute Gasteiger partial charge is 0.357 e. The lowest BCUT2D eigenvalue weighted by atomic mass is 10.0. The molecule has 0 saturated carbocycles. The molecule has 1 aromatic heterocycles. The maximum absolute atomic E-state index is 12.7. The van der Waals surface area contributed by atoms with Gasteiger partial charge in [-0.15, -0.1) is 0 Å². The van der Waals surface area contributed by atoms with E-state index in [-0.39, 0.29) is 11.3 Å². The Balaban J connectivity index is 1.91. The molecule has 7 nitrogen and oxygen atoms in total. The van der Waals surface area contributed by atoms with Crippen molar-refractivity contribution in [3.63, 3.8) is 0 Å². The van der Waals surface area contributed by atoms with E-state index in [1.54, 1.807) is 18.2 Å². The summed E-state index contributed by atoms with van der Waals surface area (Å²) in [5, 5.41) is 5.16. The number of carbonyl (C=O) groups excluding carboxylic acids is 2. The van der Waals surface area contributed by atoms with E-state index in [1.165, 1.54) is 18.9 Å². The fourth-order valence-corrected chi connectivity index (χ4v) is 4.13. The van der Waals surface area contributed by atoms with Gasteiger partial charge < -0.3 is 14.4 Å². The van der Waals surface area contributed by atoms with E-state index in [0.29, 0.717) is 22.0 Å². The second kappa shape index (κ2) is 8.81. The maximum Gasteiger partial charge on any atom is 0.357 e. The van der Waals surface area contributed by atoms with E-state index in [2.05, 4.69) is 10.00 Å². The molecule has 1 saturated heterocycles. The summed E-state index contributed by atoms with van der Waals surface area (Å²) in [5.74, 6) is -1.37. The third-order valence-electron chi connectivity index (χ3n) is 5.32. The van der Waals surface area contributed by atoms with Gasteiger partial charge in [0.1, 0.15) is 11.3 Å². The lowest BCUT2D eigenvalue weighted by Gasteiger charge is -2.19. The molecule has 2 aromatic carbocycles. The first-order valence-electron chi connectivity index (χ1n) is 9.95. The summed E-state index contributed by atoms with van der Waals surface area (Å²) >= 11 is 6.59. The Morgan fingerprint density at radius 3 is 2.26 bits per heavy atom. The standard InChI is InChI=1S/C23H22ClN3O4/c1-30-22(28)19-20(15-10-11-18(17(24)14-15)26-12-6-7-13-26)25-27(21(19)23(29)31-2)16-8-4-3-5-9-16/h3-5,8-11,14H,6-7,12-13H2,1-2H3. The van der Waals surface area contributed by atoms with Crippen LogP contribution >= 0.6 is 11.6 Å². The van der Waals surface area contributed by atoms with Crippen molar-refractivity contribution < 1.29 is 19.1 Å². The highest BCUT2D eigenvalue weighted by Gasteiger charge is 2.31. The van der Waals surface area contributed by atoms with Gasteiger partial charge in [0.05, 0.1) is 30.6 Å². The summed E-state index contributed by atoms with van der Waals surface area (Å²) in [6.45, 7) is 1.92. The fourth-order valence-electron chi connectivity index (χ4n) is 3.83. The quantitative estimate of drug-likeness (QED) is 0.550. The monoisotopic (exact) mass is 439 g/mol. The Labute approximate surface area is 185 Å². The summed E-state index contributed by atoms with van der Waals surface area (Å²) in [7, 11) is 2.52. The Morgan fingerprint density at radius 1 is 0.968 bits per heavy atom. The van der Waals surface area contributed by atoms with Crippen molar-refractivity contribution in [2.45, 2.75) is 12.8 Å². The van der Waals surface area contributed by atoms with Crippen molar-refractivity contribution in [1.29, 1.82) is 0 Å². The zero-order valence-electron chi connectivity index (χ0n) is 17.3. The molecule has 1 aliphatic heterocycles. The average Bonchev–Trinajstić information content (AvgIpc) is 3.47. The van der Waals surface area contributed by atoms with Gasteiger partial charge in [0.2, 0.25) is 0 Å². The van der Waals surface area contributed by atoms with Crippen molar-refractivity contribution in [3.05, 3.63) is 64.8 Å². The molecule has 0 atom stereocenters. The predicted octanol–water partition coefficient (Wildman–Crippen LogP) is 4.37. The van der Waals surface area contributed by atoms with Gasteiger partial charge in [0.15, 0.2) is 5.69 Å². The number of esters is 2. The Bertz CT molecular complexity index is 1120. The van der Waals surface area contributed by atoms with E-state index in [0.717, 1.165) is 31.6 Å². The van der Waals surface area contributed by atoms with E-state index < -0.39 is 11.9 Å². The molecule has 0 N–H and O–H groups in total. The minimum absolute atomic E-state index is 0.00436. The number of ether oxygens (including phenoxy) is 2. The number of benzene rings is 2. The molecule has 1 aliphatic rings. The SMILES string of the molecule is COC(=O)c1c(-c2ccc(N3CCCC3)c(Cl)c2)nn(-c2ccccc2)c1C(=O)OC. The third-order valence-corrected chi connectivity index (χ3v) is 5.63. The van der Waals surface area contributed by atoms with Crippen LogP contribution in [0.3, 0.4) is 0 Å². The summed E-state index contributed by atoms with van der Waals surface area (Å²) in [5.41, 5.74) is 2.48. The van der Waals surface area contributed by atoms with Gasteiger partial charge in [-0.05, 0) is 37.1 Å². The topological polar surface area (TPSA) is 73.7 Å². The molecule has 0 bridgehead atoms. The number of carbonyl (C=O) groups is 2. The number of halogens is 1. The van der Waals surface area contributed by atoms with E-state index in [1.807, 2.05) is 30.3 Å². The van der Waals surface area contributed by atoms with E-state index in [9.17, 15) is 9.59 Å². The lowest BCUT2D eigenvalue weighted by Crippen LogP contribution is -2.17. The van der Waals surface area contributed by atoms with Crippen LogP contribution in [0.25, 0.3) is 16.9 Å². The van der Waals surface area contributed by atoms with Crippen LogP contribution in [0.2, 0.25) is 5.02 Å². The molecule has 3 aromatic rings. The van der Waals surface area contributed by atoms with Crippen molar-refractivity contribution in [3.8, 4) is 16.9 Å². The van der Waals surface area contributed by atoms with Crippen LogP contribution < -0.4 is 4.90 Å². The number of para-hydroxylation sites is 1. The Morgan fingerprint density at radius 2 is 1.65 bits per heavy atom. The van der Waals surface area contributed by atoms with Gasteiger partial charge in [0, 0.05) is 18.7 Å². The molecule has 0 radical (unpaired) electrons. The summed E-state index contributed by atoms with van der Waals surface area (Å²) in [6, 6.07) is 14.6. The highest BCUT2D eigenvalue weighted by molar-refractivity contribution is 6.33. The van der Waals surface area contributed by atoms with Gasteiger partial charge in [0.25, 0.3) is 0 Å². The largest absolute Gasteiger partial charge is 0.465 e. The number of methoxy groups -OCH3 is 2. The molecular weight excluding hydrogens is 418 g/mol. The summed E-state index contributed by atoms with van der Waals surface area (Å²) in [6.07, 6.45) is 2.27. The molecule has 0 aliphatic carbocycles. The zero-order chi connectivity index (χ0) is 22.0. The molecule has 0 unspecified atom stereocenters. The number of aromatic nitrogens is 2. The highest BCUT2D eigenvalue weighted by Crippen LogP contribution is 2.35. The van der Waals surface area contributed by atoms with Crippen LogP contribution in [0.4, 0.5) is 5.69 Å². The number of anilines is 1. The number of rotatable bonds is 5. The van der Waals surface area contributed by atoms with Gasteiger partial charge in [-0.25, -0.2) is 14.3 Å². The normalized spacial score (nSPS) is 13.3. The molecule has 0 spiro atoms. The molecule has 1 fully saturated rings.